The summed E-state index contributed by atoms with van der Waals surface area (Å²) in [6.07, 6.45) is 2.59. The van der Waals surface area contributed by atoms with Gasteiger partial charge in [-0.1, -0.05) is 43.7 Å². The van der Waals surface area contributed by atoms with E-state index in [1.165, 1.54) is 18.3 Å². The number of nitrogens with one attached hydrogen (secondary N) is 2. The van der Waals surface area contributed by atoms with Gasteiger partial charge in [-0.05, 0) is 48.6 Å². The quantitative estimate of drug-likeness (QED) is 0.579. The lowest BCUT2D eigenvalue weighted by Crippen LogP contribution is -2.37. The minimum absolute atomic E-state index is 0.0369. The molecule has 0 spiro atoms. The highest BCUT2D eigenvalue weighted by atomic mass is 19.1. The fourth-order valence-electron chi connectivity index (χ4n) is 4.67. The molecule has 0 fully saturated rings. The van der Waals surface area contributed by atoms with Crippen molar-refractivity contribution in [3.8, 4) is 0 Å². The van der Waals surface area contributed by atoms with Crippen LogP contribution < -0.4 is 10.6 Å². The van der Waals surface area contributed by atoms with E-state index >= 15 is 0 Å². The molecule has 7 heteroatoms. The molecule has 5 rings (SSSR count). The van der Waals surface area contributed by atoms with Crippen molar-refractivity contribution in [2.75, 3.05) is 10.6 Å². The number of nitrogens with zero attached hydrogens (tertiary/aromatic N) is 2. The summed E-state index contributed by atoms with van der Waals surface area (Å²) < 4.78 is 15.3. The van der Waals surface area contributed by atoms with Gasteiger partial charge in [-0.25, -0.2) is 9.07 Å². The lowest BCUT2D eigenvalue weighted by molar-refractivity contribution is -0.118. The van der Waals surface area contributed by atoms with Crippen molar-refractivity contribution >= 4 is 23.2 Å². The second-order valence-corrected chi connectivity index (χ2v) is 9.58. The molecule has 1 amide bonds. The first-order valence-electron chi connectivity index (χ1n) is 11.0. The molecule has 3 aromatic rings. The van der Waals surface area contributed by atoms with Crippen LogP contribution in [0.4, 0.5) is 15.9 Å². The Balaban J connectivity index is 1.58. The Bertz CT molecular complexity index is 1290. The third-order valence-electron chi connectivity index (χ3n) is 6.24. The summed E-state index contributed by atoms with van der Waals surface area (Å²) in [6, 6.07) is 13.1. The topological polar surface area (TPSA) is 76.0 Å². The number of Topliss-reactive ketones (excluding diaryl/α,β-unsaturated/α-hetero) is 1. The highest BCUT2D eigenvalue weighted by Crippen LogP contribution is 2.46. The van der Waals surface area contributed by atoms with Crippen molar-refractivity contribution in [1.82, 2.24) is 9.78 Å². The molecule has 0 radical (unpaired) electrons. The molecule has 0 saturated heterocycles. The Kier molecular flexibility index (Phi) is 4.92. The average Bonchev–Trinajstić information content (AvgIpc) is 3.17. The van der Waals surface area contributed by atoms with Crippen molar-refractivity contribution in [1.29, 1.82) is 0 Å². The zero-order valence-corrected chi connectivity index (χ0v) is 18.8. The average molecular weight is 445 g/mol. The number of benzene rings is 2. The number of hydrogen-bond donors (Lipinski definition) is 2. The number of ketones is 1. The van der Waals surface area contributed by atoms with Crippen LogP contribution >= 0.6 is 0 Å². The molecule has 1 aliphatic carbocycles. The second kappa shape index (κ2) is 7.69. The molecule has 2 aliphatic rings. The van der Waals surface area contributed by atoms with Crippen LogP contribution in [0.25, 0.3) is 0 Å². The maximum absolute atomic E-state index is 13.6. The van der Waals surface area contributed by atoms with E-state index in [1.807, 2.05) is 31.2 Å². The standard InChI is InChI=1S/C26H25FN4O2/c1-15-4-10-18(11-5-15)29-25(33)19-14-28-31-23(16-6-8-17(27)9-7-16)22-20(30-24(19)31)12-26(2,3)13-21(22)32/h4-11,14,23,30H,12-13H2,1-3H3,(H,29,33). The number of halogens is 1. The predicted molar refractivity (Wildman–Crippen MR) is 125 cm³/mol. The molecule has 6 nitrogen and oxygen atoms in total. The fourth-order valence-corrected chi connectivity index (χ4v) is 4.67. The molecule has 0 saturated carbocycles. The van der Waals surface area contributed by atoms with E-state index in [1.54, 1.807) is 16.8 Å². The van der Waals surface area contributed by atoms with Gasteiger partial charge in [-0.15, -0.1) is 0 Å². The van der Waals surface area contributed by atoms with Crippen molar-refractivity contribution in [3.63, 3.8) is 0 Å². The van der Waals surface area contributed by atoms with Gasteiger partial charge in [0.05, 0.1) is 6.20 Å². The molecule has 2 aromatic carbocycles. The summed E-state index contributed by atoms with van der Waals surface area (Å²) in [5.41, 5.74) is 4.13. The lowest BCUT2D eigenvalue weighted by atomic mass is 9.73. The summed E-state index contributed by atoms with van der Waals surface area (Å²) in [5, 5.41) is 10.7. The van der Waals surface area contributed by atoms with Crippen LogP contribution in [0.2, 0.25) is 0 Å². The van der Waals surface area contributed by atoms with Crippen LogP contribution in [0.5, 0.6) is 0 Å². The number of hydrogen-bond acceptors (Lipinski definition) is 4. The van der Waals surface area contributed by atoms with Gasteiger partial charge in [0.25, 0.3) is 5.91 Å². The zero-order valence-electron chi connectivity index (χ0n) is 18.8. The Morgan fingerprint density at radius 2 is 1.82 bits per heavy atom. The van der Waals surface area contributed by atoms with Crippen molar-refractivity contribution in [2.45, 2.75) is 39.7 Å². The van der Waals surface area contributed by atoms with Crippen LogP contribution in [0.15, 0.2) is 66.0 Å². The van der Waals surface area contributed by atoms with E-state index in [0.29, 0.717) is 35.5 Å². The molecule has 168 valence electrons. The largest absolute Gasteiger partial charge is 0.343 e. The second-order valence-electron chi connectivity index (χ2n) is 9.58. The normalized spacial score (nSPS) is 18.9. The van der Waals surface area contributed by atoms with Gasteiger partial charge >= 0.3 is 0 Å². The number of rotatable bonds is 3. The molecule has 2 N–H and O–H groups in total. The summed E-state index contributed by atoms with van der Waals surface area (Å²) >= 11 is 0. The van der Waals surface area contributed by atoms with Gasteiger partial charge in [-0.3, -0.25) is 9.59 Å². The van der Waals surface area contributed by atoms with Crippen molar-refractivity contribution < 1.29 is 14.0 Å². The SMILES string of the molecule is Cc1ccc(NC(=O)c2cnn3c2NC2=C(C(=O)CC(C)(C)C2)C3c2ccc(F)cc2)cc1. The summed E-state index contributed by atoms with van der Waals surface area (Å²) in [5.74, 6) is -0.0826. The minimum atomic E-state index is -0.527. The van der Waals surface area contributed by atoms with Crippen molar-refractivity contribution in [2.24, 2.45) is 5.41 Å². The molecule has 1 atom stereocenters. The summed E-state index contributed by atoms with van der Waals surface area (Å²) in [4.78, 5) is 26.4. The third-order valence-corrected chi connectivity index (χ3v) is 6.24. The zero-order chi connectivity index (χ0) is 23.3. The maximum atomic E-state index is 13.6. The van der Waals surface area contributed by atoms with Gasteiger partial charge in [0.1, 0.15) is 23.2 Å². The molecule has 0 bridgehead atoms. The lowest BCUT2D eigenvalue weighted by Gasteiger charge is -2.39. The van der Waals surface area contributed by atoms with Crippen LogP contribution in [0.1, 0.15) is 54.2 Å². The molecule has 33 heavy (non-hydrogen) atoms. The van der Waals surface area contributed by atoms with E-state index in [2.05, 4.69) is 29.6 Å². The maximum Gasteiger partial charge on any atom is 0.261 e. The van der Waals surface area contributed by atoms with Gasteiger partial charge in [0.2, 0.25) is 0 Å². The number of carbonyl (C=O) groups is 2. The number of anilines is 2. The first-order chi connectivity index (χ1) is 15.7. The van der Waals surface area contributed by atoms with Gasteiger partial charge in [0, 0.05) is 23.4 Å². The summed E-state index contributed by atoms with van der Waals surface area (Å²) in [6.45, 7) is 6.10. The minimum Gasteiger partial charge on any atom is -0.343 e. The van der Waals surface area contributed by atoms with E-state index < -0.39 is 6.04 Å². The number of carbonyl (C=O) groups excluding carboxylic acids is 2. The van der Waals surface area contributed by atoms with Crippen molar-refractivity contribution in [3.05, 3.63) is 88.5 Å². The third kappa shape index (κ3) is 3.84. The van der Waals surface area contributed by atoms with Gasteiger partial charge in [0.15, 0.2) is 5.78 Å². The Hall–Kier alpha value is -3.74. The molecular weight excluding hydrogens is 419 g/mol. The molecular formula is C26H25FN4O2. The summed E-state index contributed by atoms with van der Waals surface area (Å²) in [7, 11) is 0. The molecule has 2 heterocycles. The predicted octanol–water partition coefficient (Wildman–Crippen LogP) is 5.24. The molecule has 1 aliphatic heterocycles. The van der Waals surface area contributed by atoms with Crippen LogP contribution in [0.3, 0.4) is 0 Å². The van der Waals surface area contributed by atoms with Crippen LogP contribution in [-0.4, -0.2) is 21.5 Å². The van der Waals surface area contributed by atoms with Crippen LogP contribution in [0, 0.1) is 18.2 Å². The molecule has 1 unspecified atom stereocenters. The number of aromatic nitrogens is 2. The number of allylic oxidation sites excluding steroid dienone is 2. The van der Waals surface area contributed by atoms with Gasteiger partial charge in [-0.2, -0.15) is 5.10 Å². The van der Waals surface area contributed by atoms with Crippen LogP contribution in [-0.2, 0) is 4.79 Å². The number of aryl methyl sites for hydroxylation is 1. The monoisotopic (exact) mass is 444 g/mol. The van der Waals surface area contributed by atoms with E-state index in [0.717, 1.165) is 16.8 Å². The van der Waals surface area contributed by atoms with Gasteiger partial charge < -0.3 is 10.6 Å². The van der Waals surface area contributed by atoms with E-state index in [-0.39, 0.29) is 22.9 Å². The highest BCUT2D eigenvalue weighted by molar-refractivity contribution is 6.08. The van der Waals surface area contributed by atoms with E-state index in [9.17, 15) is 14.0 Å². The Labute approximate surface area is 191 Å². The number of fused-ring (bicyclic) bond motifs is 1. The first kappa shape index (κ1) is 21.1. The fraction of sp³-hybridized carbons (Fsp3) is 0.269. The Morgan fingerprint density at radius 1 is 1.12 bits per heavy atom. The smallest absolute Gasteiger partial charge is 0.261 e. The Morgan fingerprint density at radius 3 is 2.52 bits per heavy atom. The number of amides is 1. The van der Waals surface area contributed by atoms with E-state index in [4.69, 9.17) is 0 Å². The highest BCUT2D eigenvalue weighted by Gasteiger charge is 2.42. The molecule has 1 aromatic heterocycles. The first-order valence-corrected chi connectivity index (χ1v) is 11.0.